The second-order valence-electron chi connectivity index (χ2n) is 4.87. The minimum Gasteiger partial charge on any atom is -0.384 e. The van der Waals surface area contributed by atoms with Crippen molar-refractivity contribution in [1.82, 2.24) is 4.98 Å². The van der Waals surface area contributed by atoms with Crippen molar-refractivity contribution in [3.05, 3.63) is 22.2 Å². The largest absolute Gasteiger partial charge is 0.384 e. The molecule has 1 aromatic heterocycles. The molecule has 0 radical (unpaired) electrons. The molecular weight excluding hydrogens is 232 g/mol. The van der Waals surface area contributed by atoms with Gasteiger partial charge in [0.05, 0.1) is 4.92 Å². The average molecular weight is 250 g/mol. The summed E-state index contributed by atoms with van der Waals surface area (Å²) in [4.78, 5) is 14.6. The zero-order chi connectivity index (χ0) is 13.1. The molecule has 3 N–H and O–H groups in total. The van der Waals surface area contributed by atoms with Crippen LogP contribution in [0.25, 0.3) is 0 Å². The van der Waals surface area contributed by atoms with Crippen molar-refractivity contribution in [1.29, 1.82) is 0 Å². The first kappa shape index (κ1) is 12.6. The van der Waals surface area contributed by atoms with Crippen molar-refractivity contribution < 1.29 is 4.92 Å². The second-order valence-corrected chi connectivity index (χ2v) is 4.87. The van der Waals surface area contributed by atoms with E-state index in [-0.39, 0.29) is 11.7 Å². The second kappa shape index (κ2) is 5.20. The summed E-state index contributed by atoms with van der Waals surface area (Å²) in [5.41, 5.74) is 5.58. The Bertz CT molecular complexity index is 450. The quantitative estimate of drug-likeness (QED) is 0.635. The monoisotopic (exact) mass is 250 g/mol. The summed E-state index contributed by atoms with van der Waals surface area (Å²) in [5, 5.41) is 14.1. The molecule has 6 nitrogen and oxygen atoms in total. The number of nitrogens with one attached hydrogen (secondary N) is 1. The Morgan fingerprint density at radius 1 is 1.44 bits per heavy atom. The normalized spacial score (nSPS) is 23.6. The number of nitrogens with zero attached hydrogens (tertiary/aromatic N) is 2. The van der Waals surface area contributed by atoms with E-state index in [1.165, 1.54) is 18.6 Å². The molecule has 1 fully saturated rings. The van der Waals surface area contributed by atoms with Crippen LogP contribution in [0.5, 0.6) is 0 Å². The highest BCUT2D eigenvalue weighted by Gasteiger charge is 2.24. The fraction of sp³-hybridized carbons (Fsp3) is 0.583. The predicted molar refractivity (Wildman–Crippen MR) is 70.3 cm³/mol. The van der Waals surface area contributed by atoms with Gasteiger partial charge in [-0.3, -0.25) is 10.1 Å². The molecule has 1 saturated carbocycles. The molecule has 1 aromatic rings. The van der Waals surface area contributed by atoms with Gasteiger partial charge in [-0.2, -0.15) is 0 Å². The predicted octanol–water partition coefficient (Wildman–Crippen LogP) is 2.56. The third-order valence-electron chi connectivity index (χ3n) is 3.53. The molecule has 2 atom stereocenters. The Balaban J connectivity index is 2.21. The van der Waals surface area contributed by atoms with Crippen LogP contribution in [0, 0.1) is 16.0 Å². The van der Waals surface area contributed by atoms with E-state index in [4.69, 9.17) is 5.73 Å². The maximum absolute atomic E-state index is 10.9. The highest BCUT2D eigenvalue weighted by Crippen LogP contribution is 2.30. The average Bonchev–Trinajstić information content (AvgIpc) is 2.32. The molecule has 2 unspecified atom stereocenters. The van der Waals surface area contributed by atoms with Gasteiger partial charge in [-0.1, -0.05) is 19.8 Å². The van der Waals surface area contributed by atoms with Crippen molar-refractivity contribution in [3.8, 4) is 0 Å². The topological polar surface area (TPSA) is 94.1 Å². The van der Waals surface area contributed by atoms with Gasteiger partial charge < -0.3 is 11.1 Å². The molecule has 0 aromatic carbocycles. The van der Waals surface area contributed by atoms with Crippen LogP contribution in [-0.4, -0.2) is 15.9 Å². The van der Waals surface area contributed by atoms with Gasteiger partial charge in [-0.05, 0) is 24.8 Å². The van der Waals surface area contributed by atoms with Gasteiger partial charge in [0.1, 0.15) is 5.82 Å². The van der Waals surface area contributed by atoms with E-state index in [2.05, 4.69) is 17.2 Å². The third kappa shape index (κ3) is 2.69. The summed E-state index contributed by atoms with van der Waals surface area (Å²) in [6.45, 7) is 2.16. The molecule has 0 amide bonds. The molecule has 0 aliphatic heterocycles. The van der Waals surface area contributed by atoms with E-state index in [0.29, 0.717) is 17.6 Å². The zero-order valence-corrected chi connectivity index (χ0v) is 10.4. The van der Waals surface area contributed by atoms with Crippen molar-refractivity contribution in [2.45, 2.75) is 38.6 Å². The van der Waals surface area contributed by atoms with Gasteiger partial charge in [-0.25, -0.2) is 4.98 Å². The van der Waals surface area contributed by atoms with Crippen LogP contribution in [0.1, 0.15) is 32.6 Å². The lowest BCUT2D eigenvalue weighted by molar-refractivity contribution is -0.384. The molecule has 2 rings (SSSR count). The van der Waals surface area contributed by atoms with Crippen molar-refractivity contribution in [2.24, 2.45) is 5.92 Å². The number of hydrogen-bond donors (Lipinski definition) is 2. The third-order valence-corrected chi connectivity index (χ3v) is 3.53. The van der Waals surface area contributed by atoms with E-state index < -0.39 is 4.92 Å². The van der Waals surface area contributed by atoms with Gasteiger partial charge in [-0.15, -0.1) is 0 Å². The molecule has 1 aliphatic rings. The summed E-state index contributed by atoms with van der Waals surface area (Å²) in [6.07, 6.45) is 4.55. The summed E-state index contributed by atoms with van der Waals surface area (Å²) in [6, 6.07) is 3.10. The number of nitro groups is 1. The highest BCUT2D eigenvalue weighted by molar-refractivity contribution is 5.59. The maximum atomic E-state index is 10.9. The Morgan fingerprint density at radius 3 is 2.83 bits per heavy atom. The van der Waals surface area contributed by atoms with Crippen LogP contribution in [0.15, 0.2) is 12.1 Å². The fourth-order valence-corrected chi connectivity index (χ4v) is 2.43. The lowest BCUT2D eigenvalue weighted by Gasteiger charge is -2.29. The molecule has 0 saturated heterocycles. The van der Waals surface area contributed by atoms with Crippen molar-refractivity contribution >= 4 is 17.3 Å². The van der Waals surface area contributed by atoms with Gasteiger partial charge in [0.15, 0.2) is 0 Å². The number of aromatic nitrogens is 1. The molecule has 1 heterocycles. The lowest BCUT2D eigenvalue weighted by atomic mass is 9.86. The number of anilines is 2. The van der Waals surface area contributed by atoms with E-state index in [9.17, 15) is 10.1 Å². The maximum Gasteiger partial charge on any atom is 0.311 e. The zero-order valence-electron chi connectivity index (χ0n) is 10.4. The SMILES string of the molecule is CC1CCCCC1Nc1nc(N)ccc1[N+](=O)[O-]. The molecule has 0 bridgehead atoms. The Kier molecular flexibility index (Phi) is 3.64. The van der Waals surface area contributed by atoms with Gasteiger partial charge in [0.2, 0.25) is 5.82 Å². The molecular formula is C12H18N4O2. The van der Waals surface area contributed by atoms with E-state index >= 15 is 0 Å². The lowest BCUT2D eigenvalue weighted by Crippen LogP contribution is -2.31. The van der Waals surface area contributed by atoms with Crippen molar-refractivity contribution in [3.63, 3.8) is 0 Å². The first-order valence-corrected chi connectivity index (χ1v) is 6.25. The van der Waals surface area contributed by atoms with Gasteiger partial charge in [0, 0.05) is 12.1 Å². The van der Waals surface area contributed by atoms with Crippen LogP contribution >= 0.6 is 0 Å². The van der Waals surface area contributed by atoms with Crippen LogP contribution in [0.2, 0.25) is 0 Å². The van der Waals surface area contributed by atoms with Crippen LogP contribution in [-0.2, 0) is 0 Å². The standard InChI is InChI=1S/C12H18N4O2/c1-8-4-2-3-5-9(8)14-12-10(16(17)18)6-7-11(13)15-12/h6-9H,2-5H2,1H3,(H3,13,14,15). The van der Waals surface area contributed by atoms with Gasteiger partial charge >= 0.3 is 5.69 Å². The van der Waals surface area contributed by atoms with E-state index in [0.717, 1.165) is 19.3 Å². The molecule has 6 heteroatoms. The smallest absolute Gasteiger partial charge is 0.311 e. The minimum absolute atomic E-state index is 0.0121. The first-order chi connectivity index (χ1) is 8.58. The Morgan fingerprint density at radius 2 is 2.17 bits per heavy atom. The fourth-order valence-electron chi connectivity index (χ4n) is 2.43. The molecule has 18 heavy (non-hydrogen) atoms. The van der Waals surface area contributed by atoms with Gasteiger partial charge in [0.25, 0.3) is 0 Å². The number of nitrogens with two attached hydrogens (primary N) is 1. The number of pyridine rings is 1. The first-order valence-electron chi connectivity index (χ1n) is 6.25. The summed E-state index contributed by atoms with van der Waals surface area (Å²) >= 11 is 0. The summed E-state index contributed by atoms with van der Waals surface area (Å²) < 4.78 is 0. The van der Waals surface area contributed by atoms with E-state index in [1.54, 1.807) is 0 Å². The van der Waals surface area contributed by atoms with Crippen LogP contribution in [0.3, 0.4) is 0 Å². The van der Waals surface area contributed by atoms with E-state index in [1.807, 2.05) is 0 Å². The molecule has 0 spiro atoms. The number of rotatable bonds is 3. The van der Waals surface area contributed by atoms with Crippen LogP contribution < -0.4 is 11.1 Å². The minimum atomic E-state index is -0.428. The highest BCUT2D eigenvalue weighted by atomic mass is 16.6. The Hall–Kier alpha value is -1.85. The summed E-state index contributed by atoms with van der Waals surface area (Å²) in [5.74, 6) is 1.09. The number of hydrogen-bond acceptors (Lipinski definition) is 5. The molecule has 98 valence electrons. The summed E-state index contributed by atoms with van der Waals surface area (Å²) in [7, 11) is 0. The number of nitrogen functional groups attached to an aromatic ring is 1. The Labute approximate surface area is 106 Å². The van der Waals surface area contributed by atoms with Crippen molar-refractivity contribution in [2.75, 3.05) is 11.1 Å². The molecule has 1 aliphatic carbocycles. The van der Waals surface area contributed by atoms with Crippen LogP contribution in [0.4, 0.5) is 17.3 Å².